The van der Waals surface area contributed by atoms with E-state index in [-0.39, 0.29) is 0 Å². The van der Waals surface area contributed by atoms with Gasteiger partial charge in [0, 0.05) is 0 Å². The van der Waals surface area contributed by atoms with Crippen molar-refractivity contribution in [3.63, 3.8) is 0 Å². The fourth-order valence-electron chi connectivity index (χ4n) is 3.24. The van der Waals surface area contributed by atoms with Crippen LogP contribution >= 0.6 is 0 Å². The highest BCUT2D eigenvalue weighted by Crippen LogP contribution is 2.34. The summed E-state index contributed by atoms with van der Waals surface area (Å²) in [6.45, 7) is 12.4. The molecule has 1 N–H and O–H groups in total. The molecule has 0 bridgehead atoms. The van der Waals surface area contributed by atoms with Gasteiger partial charge in [-0.25, -0.2) is 0 Å². The maximum absolute atomic E-state index is 3.22. The summed E-state index contributed by atoms with van der Waals surface area (Å²) in [5, 5.41) is 3.22. The molecule has 0 aromatic carbocycles. The third kappa shape index (κ3) is 7.31. The summed E-state index contributed by atoms with van der Waals surface area (Å²) in [5.74, 6) is 0.924. The Balaban J connectivity index is 2.12. The molecule has 1 saturated heterocycles. The summed E-state index contributed by atoms with van der Waals surface area (Å²) >= 11 is 0. The third-order valence-electron chi connectivity index (χ3n) is 4.70. The number of unbranched alkanes of at least 4 members (excludes halogenated alkanes) is 3. The molecule has 0 aliphatic carbocycles. The minimum atomic E-state index is 0.503. The van der Waals surface area contributed by atoms with Gasteiger partial charge in [-0.05, 0) is 76.7 Å². The first-order valence-electron chi connectivity index (χ1n) is 8.41. The van der Waals surface area contributed by atoms with Gasteiger partial charge in [0.2, 0.25) is 0 Å². The topological polar surface area (TPSA) is 15.3 Å². The van der Waals surface area contributed by atoms with Crippen molar-refractivity contribution in [1.82, 2.24) is 10.2 Å². The lowest BCUT2D eigenvalue weighted by atomic mass is 9.77. The van der Waals surface area contributed by atoms with E-state index in [0.29, 0.717) is 5.41 Å². The van der Waals surface area contributed by atoms with Gasteiger partial charge in [0.1, 0.15) is 0 Å². The highest BCUT2D eigenvalue weighted by molar-refractivity contribution is 4.78. The van der Waals surface area contributed by atoms with E-state index >= 15 is 0 Å². The second-order valence-corrected chi connectivity index (χ2v) is 7.35. The van der Waals surface area contributed by atoms with Crippen LogP contribution in [0.5, 0.6) is 0 Å². The predicted molar refractivity (Wildman–Crippen MR) is 85.6 cm³/mol. The van der Waals surface area contributed by atoms with E-state index in [1.807, 2.05) is 7.05 Å². The number of rotatable bonds is 7. The van der Waals surface area contributed by atoms with Crippen molar-refractivity contribution in [2.24, 2.45) is 11.3 Å². The minimum Gasteiger partial charge on any atom is -0.320 e. The van der Waals surface area contributed by atoms with E-state index in [9.17, 15) is 0 Å². The number of likely N-dealkylation sites (tertiary alicyclic amines) is 1. The number of nitrogens with one attached hydrogen (secondary N) is 1. The molecule has 0 aromatic rings. The zero-order chi connectivity index (χ0) is 14.1. The van der Waals surface area contributed by atoms with Gasteiger partial charge in [-0.15, -0.1) is 0 Å². The van der Waals surface area contributed by atoms with Crippen LogP contribution in [0.2, 0.25) is 0 Å². The minimum absolute atomic E-state index is 0.503. The van der Waals surface area contributed by atoms with Gasteiger partial charge in [0.15, 0.2) is 0 Å². The summed E-state index contributed by atoms with van der Waals surface area (Å²) in [4.78, 5) is 2.71. The largest absolute Gasteiger partial charge is 0.320 e. The van der Waals surface area contributed by atoms with Crippen LogP contribution in [-0.2, 0) is 0 Å². The average Bonchev–Trinajstić information content (AvgIpc) is 2.58. The van der Waals surface area contributed by atoms with Crippen molar-refractivity contribution in [1.29, 1.82) is 0 Å². The van der Waals surface area contributed by atoms with Gasteiger partial charge in [0.25, 0.3) is 0 Å². The summed E-state index contributed by atoms with van der Waals surface area (Å²) in [7, 11) is 2.04. The highest BCUT2D eigenvalue weighted by atomic mass is 15.1. The summed E-state index contributed by atoms with van der Waals surface area (Å²) in [5.41, 5.74) is 0.503. The van der Waals surface area contributed by atoms with Crippen LogP contribution in [0.3, 0.4) is 0 Å². The van der Waals surface area contributed by atoms with Crippen LogP contribution in [-0.4, -0.2) is 38.1 Å². The molecule has 19 heavy (non-hydrogen) atoms. The van der Waals surface area contributed by atoms with Crippen LogP contribution in [0, 0.1) is 11.3 Å². The van der Waals surface area contributed by atoms with E-state index in [1.54, 1.807) is 0 Å². The van der Waals surface area contributed by atoms with Crippen molar-refractivity contribution in [3.05, 3.63) is 0 Å². The first-order valence-corrected chi connectivity index (χ1v) is 8.41. The van der Waals surface area contributed by atoms with Gasteiger partial charge in [0.05, 0.1) is 0 Å². The lowest BCUT2D eigenvalue weighted by Crippen LogP contribution is -2.27. The monoisotopic (exact) mass is 268 g/mol. The van der Waals surface area contributed by atoms with E-state index in [0.717, 1.165) is 5.92 Å². The fourth-order valence-corrected chi connectivity index (χ4v) is 3.24. The molecule has 2 heteroatoms. The van der Waals surface area contributed by atoms with Gasteiger partial charge in [-0.1, -0.05) is 33.6 Å². The van der Waals surface area contributed by atoms with Gasteiger partial charge < -0.3 is 10.2 Å². The molecule has 1 heterocycles. The number of hydrogen-bond acceptors (Lipinski definition) is 2. The molecule has 0 radical (unpaired) electrons. The van der Waals surface area contributed by atoms with Crippen LogP contribution in [0.1, 0.15) is 65.7 Å². The third-order valence-corrected chi connectivity index (χ3v) is 4.70. The Hall–Kier alpha value is -0.0800. The van der Waals surface area contributed by atoms with Crippen molar-refractivity contribution in [2.75, 3.05) is 33.2 Å². The van der Waals surface area contributed by atoms with E-state index in [1.165, 1.54) is 71.1 Å². The molecule has 1 rings (SSSR count). The van der Waals surface area contributed by atoms with Crippen LogP contribution in [0.15, 0.2) is 0 Å². The Kier molecular flexibility index (Phi) is 8.01. The predicted octanol–water partition coefficient (Wildman–Crippen LogP) is 3.91. The van der Waals surface area contributed by atoms with Crippen LogP contribution in [0.25, 0.3) is 0 Å². The average molecular weight is 268 g/mol. The molecule has 1 atom stereocenters. The zero-order valence-corrected chi connectivity index (χ0v) is 13.8. The van der Waals surface area contributed by atoms with Crippen LogP contribution in [0.4, 0.5) is 0 Å². The molecule has 1 aliphatic rings. The summed E-state index contributed by atoms with van der Waals surface area (Å²) in [6, 6.07) is 0. The van der Waals surface area contributed by atoms with Crippen molar-refractivity contribution in [2.45, 2.75) is 65.7 Å². The van der Waals surface area contributed by atoms with Gasteiger partial charge >= 0.3 is 0 Å². The fraction of sp³-hybridized carbons (Fsp3) is 1.00. The van der Waals surface area contributed by atoms with E-state index in [2.05, 4.69) is 31.0 Å². The van der Waals surface area contributed by atoms with Gasteiger partial charge in [-0.2, -0.15) is 0 Å². The van der Waals surface area contributed by atoms with Crippen molar-refractivity contribution < 1.29 is 0 Å². The first-order chi connectivity index (χ1) is 9.04. The zero-order valence-electron chi connectivity index (χ0n) is 13.8. The maximum atomic E-state index is 3.22. The number of hydrogen-bond donors (Lipinski definition) is 1. The molecule has 1 unspecified atom stereocenters. The lowest BCUT2D eigenvalue weighted by molar-refractivity contribution is 0.207. The molecule has 2 nitrogen and oxygen atoms in total. The molecule has 0 amide bonds. The first kappa shape index (κ1) is 17.0. The SMILES string of the molecule is CNCCCCCCN1CCCC(C(C)(C)C)CC1. The van der Waals surface area contributed by atoms with E-state index in [4.69, 9.17) is 0 Å². The maximum Gasteiger partial charge on any atom is -0.00159 e. The molecule has 0 aromatic heterocycles. The second-order valence-electron chi connectivity index (χ2n) is 7.35. The molecule has 114 valence electrons. The Bertz CT molecular complexity index is 220. The molecular weight excluding hydrogens is 232 g/mol. The lowest BCUT2D eigenvalue weighted by Gasteiger charge is -2.29. The number of nitrogens with zero attached hydrogens (tertiary/aromatic N) is 1. The Morgan fingerprint density at radius 2 is 1.74 bits per heavy atom. The van der Waals surface area contributed by atoms with E-state index < -0.39 is 0 Å². The summed E-state index contributed by atoms with van der Waals surface area (Å²) in [6.07, 6.45) is 9.76. The Morgan fingerprint density at radius 1 is 1.00 bits per heavy atom. The molecule has 1 fully saturated rings. The normalized spacial score (nSPS) is 22.4. The van der Waals surface area contributed by atoms with Crippen LogP contribution < -0.4 is 5.32 Å². The molecule has 0 saturated carbocycles. The van der Waals surface area contributed by atoms with Gasteiger partial charge in [-0.3, -0.25) is 0 Å². The van der Waals surface area contributed by atoms with Crippen molar-refractivity contribution in [3.8, 4) is 0 Å². The Morgan fingerprint density at radius 3 is 2.42 bits per heavy atom. The smallest absolute Gasteiger partial charge is 0.00159 e. The summed E-state index contributed by atoms with van der Waals surface area (Å²) < 4.78 is 0. The van der Waals surface area contributed by atoms with Crippen molar-refractivity contribution >= 4 is 0 Å². The highest BCUT2D eigenvalue weighted by Gasteiger charge is 2.26. The Labute approximate surface area is 121 Å². The quantitative estimate of drug-likeness (QED) is 0.704. The molecular formula is C17H36N2. The second kappa shape index (κ2) is 8.97. The standard InChI is InChI=1S/C17H36N2/c1-17(2,3)16-10-9-14-19(15-11-16)13-8-6-5-7-12-18-4/h16,18H,5-15H2,1-4H3. The molecule has 1 aliphatic heterocycles. The molecule has 0 spiro atoms.